The van der Waals surface area contributed by atoms with Gasteiger partial charge in [0, 0.05) is 6.20 Å². The van der Waals surface area contributed by atoms with Crippen LogP contribution in [0.5, 0.6) is 0 Å². The first kappa shape index (κ1) is 24.9. The van der Waals surface area contributed by atoms with Gasteiger partial charge in [0.15, 0.2) is 0 Å². The maximum absolute atomic E-state index is 4.49. The Morgan fingerprint density at radius 1 is 0.933 bits per heavy atom. The quantitative estimate of drug-likeness (QED) is 0.293. The van der Waals surface area contributed by atoms with Gasteiger partial charge in [-0.3, -0.25) is 0 Å². The molecule has 0 saturated heterocycles. The Morgan fingerprint density at radius 2 is 1.43 bits per heavy atom. The topological polar surface area (TPSA) is 17.8 Å². The van der Waals surface area contributed by atoms with E-state index in [2.05, 4.69) is 89.6 Å². The molecule has 0 unspecified atom stereocenters. The molecule has 0 aliphatic rings. The maximum atomic E-state index is 4.49. The largest absolute Gasteiger partial charge is 0.319 e. The van der Waals surface area contributed by atoms with E-state index in [-0.39, 0.29) is 0 Å². The lowest BCUT2D eigenvalue weighted by Crippen LogP contribution is -2.37. The monoisotopic (exact) mass is 400 g/mol. The molecular formula is C28H36N2. The molecule has 1 aromatic heterocycles. The molecule has 0 radical (unpaired) electrons. The summed E-state index contributed by atoms with van der Waals surface area (Å²) in [5, 5.41) is 0. The van der Waals surface area contributed by atoms with Gasteiger partial charge in [-0.25, -0.2) is 4.98 Å². The smallest absolute Gasteiger partial charge is 0.121 e. The summed E-state index contributed by atoms with van der Waals surface area (Å²) in [6.45, 7) is 18.3. The molecule has 0 spiro atoms. The SMILES string of the molecule is C=CCC=CC(=C)C(c1ccccc1)(c1ccccc1)n1cnc(C)c1.CC.CC. The Morgan fingerprint density at radius 3 is 1.83 bits per heavy atom. The van der Waals surface area contributed by atoms with Crippen molar-refractivity contribution < 1.29 is 0 Å². The average molecular weight is 401 g/mol. The van der Waals surface area contributed by atoms with Gasteiger partial charge in [-0.1, -0.05) is 113 Å². The van der Waals surface area contributed by atoms with Crippen molar-refractivity contribution in [2.45, 2.75) is 46.6 Å². The number of hydrogen-bond donors (Lipinski definition) is 0. The number of aromatic nitrogens is 2. The van der Waals surface area contributed by atoms with Crippen LogP contribution in [-0.2, 0) is 5.54 Å². The Balaban J connectivity index is 0.00000106. The minimum atomic E-state index is -0.554. The summed E-state index contributed by atoms with van der Waals surface area (Å²) in [5.41, 5.74) is 3.70. The molecule has 158 valence electrons. The van der Waals surface area contributed by atoms with E-state index in [0.29, 0.717) is 0 Å². The zero-order chi connectivity index (χ0) is 22.4. The van der Waals surface area contributed by atoms with Crippen LogP contribution >= 0.6 is 0 Å². The van der Waals surface area contributed by atoms with E-state index in [4.69, 9.17) is 0 Å². The number of benzene rings is 2. The first-order valence-corrected chi connectivity index (χ1v) is 10.8. The zero-order valence-electron chi connectivity index (χ0n) is 19.2. The summed E-state index contributed by atoms with van der Waals surface area (Å²) < 4.78 is 2.16. The van der Waals surface area contributed by atoms with Crippen molar-refractivity contribution in [3.63, 3.8) is 0 Å². The average Bonchev–Trinajstić information content (AvgIpc) is 3.25. The van der Waals surface area contributed by atoms with Gasteiger partial charge >= 0.3 is 0 Å². The van der Waals surface area contributed by atoms with E-state index in [1.54, 1.807) is 0 Å². The van der Waals surface area contributed by atoms with Gasteiger partial charge in [0.05, 0.1) is 12.0 Å². The third kappa shape index (κ3) is 5.48. The van der Waals surface area contributed by atoms with Crippen molar-refractivity contribution in [2.24, 2.45) is 0 Å². The normalized spacial score (nSPS) is 10.4. The van der Waals surface area contributed by atoms with E-state index in [9.17, 15) is 0 Å². The summed E-state index contributed by atoms with van der Waals surface area (Å²) in [7, 11) is 0. The number of hydrogen-bond acceptors (Lipinski definition) is 1. The molecule has 2 heteroatoms. The third-order valence-corrected chi connectivity index (χ3v) is 4.57. The summed E-state index contributed by atoms with van der Waals surface area (Å²) in [6.07, 6.45) is 10.9. The second-order valence-corrected chi connectivity index (χ2v) is 6.32. The second-order valence-electron chi connectivity index (χ2n) is 6.32. The Bertz CT molecular complexity index is 863. The molecule has 3 rings (SSSR count). The number of imidazole rings is 1. The summed E-state index contributed by atoms with van der Waals surface area (Å²) in [6, 6.07) is 20.9. The summed E-state index contributed by atoms with van der Waals surface area (Å²) >= 11 is 0. The van der Waals surface area contributed by atoms with E-state index in [1.165, 1.54) is 0 Å². The van der Waals surface area contributed by atoms with Crippen LogP contribution in [0.25, 0.3) is 0 Å². The van der Waals surface area contributed by atoms with Crippen molar-refractivity contribution in [2.75, 3.05) is 0 Å². The van der Waals surface area contributed by atoms with Gasteiger partial charge < -0.3 is 4.57 Å². The zero-order valence-corrected chi connectivity index (χ0v) is 19.2. The van der Waals surface area contributed by atoms with Gasteiger partial charge in [0.2, 0.25) is 0 Å². The second kappa shape index (κ2) is 13.2. The van der Waals surface area contributed by atoms with Crippen LogP contribution in [0.15, 0.2) is 110 Å². The molecule has 0 fully saturated rings. The first-order valence-electron chi connectivity index (χ1n) is 10.8. The minimum Gasteiger partial charge on any atom is -0.319 e. The van der Waals surface area contributed by atoms with Crippen molar-refractivity contribution in [1.82, 2.24) is 9.55 Å². The predicted octanol–water partition coefficient (Wildman–Crippen LogP) is 7.72. The third-order valence-electron chi connectivity index (χ3n) is 4.57. The Kier molecular flexibility index (Phi) is 10.9. The molecule has 2 aromatic carbocycles. The summed E-state index contributed by atoms with van der Waals surface area (Å²) in [4.78, 5) is 4.49. The van der Waals surface area contributed by atoms with Crippen molar-refractivity contribution in [3.8, 4) is 0 Å². The van der Waals surface area contributed by atoms with Gasteiger partial charge in [-0.2, -0.15) is 0 Å². The molecule has 2 nitrogen and oxygen atoms in total. The Labute approximate surface area is 183 Å². The summed E-state index contributed by atoms with van der Waals surface area (Å²) in [5.74, 6) is 0. The molecule has 0 aliphatic heterocycles. The molecule has 0 saturated carbocycles. The fourth-order valence-corrected chi connectivity index (χ4v) is 3.39. The van der Waals surface area contributed by atoms with Crippen molar-refractivity contribution in [1.29, 1.82) is 0 Å². The molecule has 0 amide bonds. The van der Waals surface area contributed by atoms with Crippen molar-refractivity contribution in [3.05, 3.63) is 127 Å². The van der Waals surface area contributed by atoms with Crippen LogP contribution in [0, 0.1) is 6.92 Å². The fourth-order valence-electron chi connectivity index (χ4n) is 3.39. The minimum absolute atomic E-state index is 0.554. The predicted molar refractivity (Wildman–Crippen MR) is 132 cm³/mol. The van der Waals surface area contributed by atoms with Gasteiger partial charge in [0.25, 0.3) is 0 Å². The molecule has 3 aromatic rings. The van der Waals surface area contributed by atoms with Gasteiger partial charge in [0.1, 0.15) is 5.54 Å². The molecular weight excluding hydrogens is 364 g/mol. The van der Waals surface area contributed by atoms with Crippen LogP contribution in [0.4, 0.5) is 0 Å². The van der Waals surface area contributed by atoms with Crippen LogP contribution in [0.1, 0.15) is 50.9 Å². The fraction of sp³-hybridized carbons (Fsp3) is 0.250. The highest BCUT2D eigenvalue weighted by atomic mass is 15.1. The van der Waals surface area contributed by atoms with Crippen LogP contribution in [0.3, 0.4) is 0 Å². The number of rotatable bonds is 7. The molecule has 0 N–H and O–H groups in total. The lowest BCUT2D eigenvalue weighted by molar-refractivity contribution is 0.514. The van der Waals surface area contributed by atoms with E-state index in [0.717, 1.165) is 28.8 Å². The first-order chi connectivity index (χ1) is 14.7. The van der Waals surface area contributed by atoms with Crippen LogP contribution < -0.4 is 0 Å². The van der Waals surface area contributed by atoms with Crippen LogP contribution in [-0.4, -0.2) is 9.55 Å². The highest BCUT2D eigenvalue weighted by Crippen LogP contribution is 2.40. The van der Waals surface area contributed by atoms with Gasteiger partial charge in [-0.15, -0.1) is 6.58 Å². The number of allylic oxidation sites excluding steroid dienone is 4. The Hall–Kier alpha value is -3.13. The lowest BCUT2D eigenvalue weighted by atomic mass is 9.76. The number of nitrogens with zero attached hydrogens (tertiary/aromatic N) is 2. The van der Waals surface area contributed by atoms with Crippen molar-refractivity contribution >= 4 is 0 Å². The maximum Gasteiger partial charge on any atom is 0.121 e. The van der Waals surface area contributed by atoms with Gasteiger partial charge in [-0.05, 0) is 30.0 Å². The van der Waals surface area contributed by atoms with E-state index < -0.39 is 5.54 Å². The standard InChI is InChI=1S/C24H24N2.2C2H6/c1-4-5-8-13-20(2)24(22-14-9-6-10-15-22,23-16-11-7-12-17-23)26-18-21(3)25-19-26;2*1-2/h4,6-19H,1-2,5H2,3H3;2*1-2H3. The molecule has 0 aliphatic carbocycles. The van der Waals surface area contributed by atoms with Crippen LogP contribution in [0.2, 0.25) is 0 Å². The highest BCUT2D eigenvalue weighted by Gasteiger charge is 2.38. The molecule has 0 atom stereocenters. The molecule has 0 bridgehead atoms. The lowest BCUT2D eigenvalue weighted by Gasteiger charge is -2.37. The molecule has 30 heavy (non-hydrogen) atoms. The van der Waals surface area contributed by atoms with E-state index in [1.807, 2.05) is 59.2 Å². The highest BCUT2D eigenvalue weighted by molar-refractivity contribution is 5.51. The number of aryl methyl sites for hydroxylation is 1. The molecule has 1 heterocycles. The van der Waals surface area contributed by atoms with E-state index >= 15 is 0 Å².